The molecule has 0 spiro atoms. The minimum absolute atomic E-state index is 0.327. The van der Waals surface area contributed by atoms with Gasteiger partial charge < -0.3 is 9.84 Å². The quantitative estimate of drug-likeness (QED) is 0.793. The number of aliphatic hydroxyl groups is 1. The molecule has 1 N–H and O–H groups in total. The lowest BCUT2D eigenvalue weighted by Crippen LogP contribution is -2.36. The van der Waals surface area contributed by atoms with E-state index in [1.807, 2.05) is 0 Å². The summed E-state index contributed by atoms with van der Waals surface area (Å²) in [6.07, 6.45) is -7.18. The van der Waals surface area contributed by atoms with Crippen molar-refractivity contribution in [3.8, 4) is 5.75 Å². The van der Waals surface area contributed by atoms with Crippen molar-refractivity contribution in [1.29, 1.82) is 0 Å². The van der Waals surface area contributed by atoms with Crippen molar-refractivity contribution in [3.63, 3.8) is 0 Å². The first-order chi connectivity index (χ1) is 11.1. The number of tetrazole rings is 1. The largest absolute Gasteiger partial charge is 0.480 e. The molecule has 0 saturated heterocycles. The van der Waals surface area contributed by atoms with Gasteiger partial charge in [0, 0.05) is 0 Å². The van der Waals surface area contributed by atoms with Gasteiger partial charge in [-0.25, -0.2) is 0 Å². The summed E-state index contributed by atoms with van der Waals surface area (Å²) in [6.45, 7) is 0.134. The van der Waals surface area contributed by atoms with E-state index in [0.29, 0.717) is 0 Å². The third-order valence-electron chi connectivity index (χ3n) is 3.00. The van der Waals surface area contributed by atoms with Gasteiger partial charge >= 0.3 is 12.1 Å². The van der Waals surface area contributed by atoms with E-state index in [1.165, 1.54) is 0 Å². The maximum Gasteiger partial charge on any atom is 0.425 e. The molecule has 0 aliphatic carbocycles. The smallest absolute Gasteiger partial charge is 0.425 e. The third kappa shape index (κ3) is 4.13. The molecule has 2 heterocycles. The molecular weight excluding hydrogens is 341 g/mol. The fraction of sp³-hybridized carbons (Fsp3) is 0.500. The maximum absolute atomic E-state index is 14.1. The van der Waals surface area contributed by atoms with E-state index in [2.05, 4.69) is 25.1 Å². The van der Waals surface area contributed by atoms with Crippen LogP contribution in [-0.4, -0.2) is 48.7 Å². The van der Waals surface area contributed by atoms with Crippen LogP contribution in [0.3, 0.4) is 0 Å². The van der Waals surface area contributed by atoms with E-state index in [0.717, 1.165) is 36.4 Å². The van der Waals surface area contributed by atoms with Crippen LogP contribution in [0.2, 0.25) is 0 Å². The van der Waals surface area contributed by atoms with Crippen LogP contribution < -0.4 is 4.74 Å². The SMILES string of the molecule is CC(Oc1ccc(C(F)(F)C(O)Cn2ncnn2)nc1)C(F)(F)F. The molecule has 0 radical (unpaired) electrons. The molecule has 2 aromatic heterocycles. The Kier molecular flexibility index (Phi) is 4.96. The summed E-state index contributed by atoms with van der Waals surface area (Å²) >= 11 is 0. The lowest BCUT2D eigenvalue weighted by atomic mass is 10.1. The van der Waals surface area contributed by atoms with Crippen LogP contribution in [0, 0.1) is 0 Å². The van der Waals surface area contributed by atoms with Gasteiger partial charge in [0.1, 0.15) is 17.5 Å². The number of halogens is 5. The predicted molar refractivity (Wildman–Crippen MR) is 68.1 cm³/mol. The van der Waals surface area contributed by atoms with E-state index < -0.39 is 36.5 Å². The van der Waals surface area contributed by atoms with Crippen molar-refractivity contribution in [2.24, 2.45) is 0 Å². The molecule has 2 atom stereocenters. The molecule has 0 saturated carbocycles. The second-order valence-corrected chi connectivity index (χ2v) is 4.81. The van der Waals surface area contributed by atoms with Gasteiger partial charge in [0.25, 0.3) is 0 Å². The van der Waals surface area contributed by atoms with E-state index in [4.69, 9.17) is 0 Å². The summed E-state index contributed by atoms with van der Waals surface area (Å²) in [7, 11) is 0. The minimum atomic E-state index is -4.59. The number of aliphatic hydroxyl groups excluding tert-OH is 1. The van der Waals surface area contributed by atoms with Gasteiger partial charge in [-0.3, -0.25) is 4.98 Å². The zero-order valence-corrected chi connectivity index (χ0v) is 12.2. The number of nitrogens with zero attached hydrogens (tertiary/aromatic N) is 5. The number of rotatable bonds is 6. The Morgan fingerprint density at radius 2 is 1.96 bits per heavy atom. The van der Waals surface area contributed by atoms with Crippen LogP contribution in [0.25, 0.3) is 0 Å². The highest BCUT2D eigenvalue weighted by molar-refractivity contribution is 5.23. The molecule has 2 aromatic rings. The Morgan fingerprint density at radius 1 is 1.25 bits per heavy atom. The summed E-state index contributed by atoms with van der Waals surface area (Å²) in [5, 5.41) is 19.8. The predicted octanol–water partition coefficient (Wildman–Crippen LogP) is 1.55. The highest BCUT2D eigenvalue weighted by Crippen LogP contribution is 2.32. The molecular formula is C12H12F5N5O2. The summed E-state index contributed by atoms with van der Waals surface area (Å²) in [6, 6.07) is 1.69. The van der Waals surface area contributed by atoms with Gasteiger partial charge in [0.05, 0.1) is 12.7 Å². The number of ether oxygens (including phenoxy) is 1. The molecule has 7 nitrogen and oxygen atoms in total. The molecule has 2 rings (SSSR count). The normalized spacial score (nSPS) is 15.1. The van der Waals surface area contributed by atoms with E-state index >= 15 is 0 Å². The van der Waals surface area contributed by atoms with Gasteiger partial charge in [-0.15, -0.1) is 10.2 Å². The standard InChI is InChI=1S/C12H12F5N5O2/c1-7(12(15,16)17)24-8-2-3-9(18-4-8)11(13,14)10(23)5-22-20-6-19-21-22/h2-4,6-7,10,23H,5H2,1H3. The number of aromatic nitrogens is 5. The van der Waals surface area contributed by atoms with Crippen LogP contribution in [0.4, 0.5) is 22.0 Å². The maximum atomic E-state index is 14.1. The summed E-state index contributed by atoms with van der Waals surface area (Å²) < 4.78 is 69.9. The molecule has 12 heteroatoms. The Hall–Kier alpha value is -2.37. The summed E-state index contributed by atoms with van der Waals surface area (Å²) in [5.41, 5.74) is -0.831. The first-order valence-electron chi connectivity index (χ1n) is 6.57. The lowest BCUT2D eigenvalue weighted by molar-refractivity contribution is -0.189. The average Bonchev–Trinajstić information content (AvgIpc) is 2.99. The second kappa shape index (κ2) is 6.63. The van der Waals surface area contributed by atoms with Gasteiger partial charge in [0.15, 0.2) is 12.4 Å². The Balaban J connectivity index is 2.08. The van der Waals surface area contributed by atoms with Gasteiger partial charge in [-0.2, -0.15) is 26.7 Å². The van der Waals surface area contributed by atoms with Crippen molar-refractivity contribution in [3.05, 3.63) is 30.4 Å². The third-order valence-corrected chi connectivity index (χ3v) is 3.00. The van der Waals surface area contributed by atoms with Crippen molar-refractivity contribution < 1.29 is 31.8 Å². The molecule has 0 bridgehead atoms. The molecule has 0 fully saturated rings. The number of hydrogen-bond acceptors (Lipinski definition) is 6. The van der Waals surface area contributed by atoms with Crippen LogP contribution in [-0.2, 0) is 12.5 Å². The molecule has 0 amide bonds. The van der Waals surface area contributed by atoms with Gasteiger partial charge in [-0.05, 0) is 24.3 Å². The van der Waals surface area contributed by atoms with Crippen LogP contribution >= 0.6 is 0 Å². The Bertz CT molecular complexity index is 647. The molecule has 132 valence electrons. The Morgan fingerprint density at radius 3 is 2.46 bits per heavy atom. The highest BCUT2D eigenvalue weighted by atomic mass is 19.4. The summed E-state index contributed by atoms with van der Waals surface area (Å²) in [4.78, 5) is 4.13. The molecule has 0 aliphatic rings. The van der Waals surface area contributed by atoms with E-state index in [1.54, 1.807) is 0 Å². The van der Waals surface area contributed by atoms with Crippen molar-refractivity contribution in [2.45, 2.75) is 37.8 Å². The van der Waals surface area contributed by atoms with Crippen molar-refractivity contribution in [1.82, 2.24) is 25.2 Å². The lowest BCUT2D eigenvalue weighted by Gasteiger charge is -2.22. The van der Waals surface area contributed by atoms with Crippen LogP contribution in [0.1, 0.15) is 12.6 Å². The highest BCUT2D eigenvalue weighted by Gasteiger charge is 2.43. The topological polar surface area (TPSA) is 86.0 Å². The zero-order valence-electron chi connectivity index (χ0n) is 12.2. The number of alkyl halides is 5. The first-order valence-corrected chi connectivity index (χ1v) is 6.57. The number of hydrogen-bond donors (Lipinski definition) is 1. The van der Waals surface area contributed by atoms with Crippen molar-refractivity contribution >= 4 is 0 Å². The molecule has 2 unspecified atom stereocenters. The zero-order chi connectivity index (χ0) is 18.0. The van der Waals surface area contributed by atoms with Gasteiger partial charge in [-0.1, -0.05) is 0 Å². The van der Waals surface area contributed by atoms with Crippen molar-refractivity contribution in [2.75, 3.05) is 0 Å². The van der Waals surface area contributed by atoms with Crippen LogP contribution in [0.15, 0.2) is 24.7 Å². The second-order valence-electron chi connectivity index (χ2n) is 4.81. The summed E-state index contributed by atoms with van der Waals surface area (Å²) in [5.74, 6) is -4.10. The minimum Gasteiger partial charge on any atom is -0.480 e. The van der Waals surface area contributed by atoms with E-state index in [9.17, 15) is 27.1 Å². The van der Waals surface area contributed by atoms with E-state index in [-0.39, 0.29) is 5.75 Å². The molecule has 0 aromatic carbocycles. The first kappa shape index (κ1) is 18.0. The van der Waals surface area contributed by atoms with Gasteiger partial charge in [0.2, 0.25) is 0 Å². The fourth-order valence-electron chi connectivity index (χ4n) is 1.63. The Labute approximate surface area is 132 Å². The average molecular weight is 353 g/mol. The monoisotopic (exact) mass is 353 g/mol. The van der Waals surface area contributed by atoms with Crippen LogP contribution in [0.5, 0.6) is 5.75 Å². The molecule has 0 aliphatic heterocycles. The number of pyridine rings is 1. The fourth-order valence-corrected chi connectivity index (χ4v) is 1.63. The molecule has 24 heavy (non-hydrogen) atoms.